The molecule has 0 aromatic heterocycles. The van der Waals surface area contributed by atoms with Crippen molar-refractivity contribution in [3.63, 3.8) is 0 Å². The lowest BCUT2D eigenvalue weighted by molar-refractivity contribution is -0.124. The van der Waals surface area contributed by atoms with Crippen LogP contribution in [0.15, 0.2) is 71.8 Å². The average Bonchev–Trinajstić information content (AvgIpc) is 3.44. The molecule has 4 atom stereocenters. The summed E-state index contributed by atoms with van der Waals surface area (Å²) in [4.78, 5) is 43.3. The molecule has 2 saturated heterocycles. The van der Waals surface area contributed by atoms with Crippen molar-refractivity contribution in [3.8, 4) is 17.2 Å². The lowest BCUT2D eigenvalue weighted by Gasteiger charge is -2.34. The van der Waals surface area contributed by atoms with Crippen LogP contribution in [0.5, 0.6) is 17.2 Å². The van der Waals surface area contributed by atoms with Gasteiger partial charge in [-0.25, -0.2) is 4.90 Å². The number of hydrogen-bond acceptors (Lipinski definition) is 8. The molecule has 3 aromatic carbocycles. The van der Waals surface area contributed by atoms with Gasteiger partial charge in [0.2, 0.25) is 11.8 Å². The summed E-state index contributed by atoms with van der Waals surface area (Å²) in [6, 6.07) is 17.9. The average molecular weight is 510 g/mol. The Hall–Kier alpha value is -4.66. The van der Waals surface area contributed by atoms with Gasteiger partial charge in [0.1, 0.15) is 25.0 Å². The van der Waals surface area contributed by atoms with Gasteiger partial charge in [0.25, 0.3) is 0 Å². The van der Waals surface area contributed by atoms with Gasteiger partial charge in [-0.15, -0.1) is 0 Å². The second-order valence-electron chi connectivity index (χ2n) is 9.63. The van der Waals surface area contributed by atoms with Gasteiger partial charge in [0.05, 0.1) is 36.9 Å². The van der Waals surface area contributed by atoms with Crippen LogP contribution in [0.1, 0.15) is 27.5 Å². The van der Waals surface area contributed by atoms with E-state index in [0.29, 0.717) is 41.7 Å². The molecule has 38 heavy (non-hydrogen) atoms. The third kappa shape index (κ3) is 3.17. The number of hydrazone groups is 1. The number of benzene rings is 3. The first-order valence-corrected chi connectivity index (χ1v) is 12.4. The van der Waals surface area contributed by atoms with E-state index in [1.165, 1.54) is 4.90 Å². The molecule has 7 rings (SSSR count). The monoisotopic (exact) mass is 509 g/mol. The minimum Gasteiger partial charge on any atom is -0.497 e. The van der Waals surface area contributed by atoms with Gasteiger partial charge < -0.3 is 14.2 Å². The predicted molar refractivity (Wildman–Crippen MR) is 137 cm³/mol. The zero-order valence-electron chi connectivity index (χ0n) is 20.4. The largest absolute Gasteiger partial charge is 0.497 e. The standard InChI is InChI=1S/C29H23N3O6/c1-36-19-9-6-16(7-10-19)27(33)26-24-23(25-20-5-3-2-4-17(20)15-30-32(25)26)28(34)31(29(24)35)18-8-11-21-22(14-18)38-13-12-37-21/h2-11,14-15,23-26H,12-13H2,1H3/t23-,24+,25?,26-/m1/s1. The van der Waals surface area contributed by atoms with E-state index in [-0.39, 0.29) is 11.7 Å². The molecule has 0 saturated carbocycles. The van der Waals surface area contributed by atoms with Crippen LogP contribution in [0.2, 0.25) is 0 Å². The second kappa shape index (κ2) is 8.44. The lowest BCUT2D eigenvalue weighted by atomic mass is 9.83. The number of hydrogen-bond donors (Lipinski definition) is 0. The van der Waals surface area contributed by atoms with E-state index in [4.69, 9.17) is 14.2 Å². The Labute approximate surface area is 218 Å². The van der Waals surface area contributed by atoms with Crippen molar-refractivity contribution >= 4 is 29.5 Å². The number of nitrogens with zero attached hydrogens (tertiary/aromatic N) is 3. The SMILES string of the molecule is COc1ccc(C(=O)[C@H]2[C@H]3C(=O)N(c4ccc5c(c4)OCCO5)C(=O)[C@H]3C3c4ccccc4C=NN32)cc1. The summed E-state index contributed by atoms with van der Waals surface area (Å²) in [6.45, 7) is 0.818. The summed E-state index contributed by atoms with van der Waals surface area (Å²) in [5.41, 5.74) is 2.55. The molecule has 2 amide bonds. The Morgan fingerprint density at radius 3 is 2.45 bits per heavy atom. The smallest absolute Gasteiger partial charge is 0.240 e. The van der Waals surface area contributed by atoms with Gasteiger partial charge in [-0.1, -0.05) is 24.3 Å². The molecule has 0 aliphatic carbocycles. The highest BCUT2D eigenvalue weighted by atomic mass is 16.6. The number of methoxy groups -OCH3 is 1. The van der Waals surface area contributed by atoms with Crippen LogP contribution in [0.3, 0.4) is 0 Å². The molecular weight excluding hydrogens is 486 g/mol. The number of imide groups is 1. The van der Waals surface area contributed by atoms with Gasteiger partial charge in [-0.2, -0.15) is 5.10 Å². The zero-order valence-corrected chi connectivity index (χ0v) is 20.4. The van der Waals surface area contributed by atoms with Crippen LogP contribution in [0, 0.1) is 11.8 Å². The predicted octanol–water partition coefficient (Wildman–Crippen LogP) is 3.23. The number of carbonyl (C=O) groups is 3. The van der Waals surface area contributed by atoms with Crippen LogP contribution >= 0.6 is 0 Å². The number of fused-ring (bicyclic) bond motifs is 6. The fraction of sp³-hybridized carbons (Fsp3) is 0.241. The Kier molecular flexibility index (Phi) is 5.01. The molecule has 4 aliphatic rings. The van der Waals surface area contributed by atoms with Crippen LogP contribution < -0.4 is 19.1 Å². The first-order valence-electron chi connectivity index (χ1n) is 12.4. The molecule has 3 aromatic rings. The summed E-state index contributed by atoms with van der Waals surface area (Å²) in [5, 5.41) is 6.26. The summed E-state index contributed by atoms with van der Waals surface area (Å²) < 4.78 is 16.5. The van der Waals surface area contributed by atoms with Crippen LogP contribution in [0.25, 0.3) is 0 Å². The maximum absolute atomic E-state index is 14.1. The molecule has 4 heterocycles. The molecule has 0 spiro atoms. The van der Waals surface area contributed by atoms with E-state index in [2.05, 4.69) is 5.10 Å². The van der Waals surface area contributed by atoms with Crippen molar-refractivity contribution in [2.24, 2.45) is 16.9 Å². The number of Topliss-reactive ketones (excluding diaryl/α,β-unsaturated/α-hetero) is 1. The molecule has 2 fully saturated rings. The highest BCUT2D eigenvalue weighted by Gasteiger charge is 2.65. The topological polar surface area (TPSA) is 97.7 Å². The molecule has 4 aliphatic heterocycles. The van der Waals surface area contributed by atoms with Crippen LogP contribution in [0.4, 0.5) is 5.69 Å². The Morgan fingerprint density at radius 1 is 0.921 bits per heavy atom. The summed E-state index contributed by atoms with van der Waals surface area (Å²) >= 11 is 0. The maximum Gasteiger partial charge on any atom is 0.240 e. The van der Waals surface area contributed by atoms with Gasteiger partial charge in [-0.3, -0.25) is 19.4 Å². The summed E-state index contributed by atoms with van der Waals surface area (Å²) in [7, 11) is 1.55. The molecule has 1 unspecified atom stereocenters. The highest BCUT2D eigenvalue weighted by molar-refractivity contribution is 6.24. The fourth-order valence-electron chi connectivity index (χ4n) is 6.02. The first kappa shape index (κ1) is 22.5. The molecule has 190 valence electrons. The first-order chi connectivity index (χ1) is 18.6. The summed E-state index contributed by atoms with van der Waals surface area (Å²) in [6.07, 6.45) is 1.69. The third-order valence-corrected chi connectivity index (χ3v) is 7.72. The van der Waals surface area contributed by atoms with Crippen LogP contribution in [-0.4, -0.2) is 55.2 Å². The third-order valence-electron chi connectivity index (χ3n) is 7.72. The van der Waals surface area contributed by atoms with Crippen molar-refractivity contribution < 1.29 is 28.6 Å². The van der Waals surface area contributed by atoms with E-state index in [1.54, 1.807) is 60.8 Å². The molecular formula is C29H23N3O6. The molecule has 0 radical (unpaired) electrons. The van der Waals surface area contributed by atoms with Gasteiger partial charge >= 0.3 is 0 Å². The Bertz CT molecular complexity index is 1520. The highest BCUT2D eigenvalue weighted by Crippen LogP contribution is 2.53. The van der Waals surface area contributed by atoms with Gasteiger partial charge in [-0.05, 0) is 47.5 Å². The van der Waals surface area contributed by atoms with Crippen LogP contribution in [-0.2, 0) is 9.59 Å². The zero-order chi connectivity index (χ0) is 26.0. The number of amides is 2. The second-order valence-corrected chi connectivity index (χ2v) is 9.63. The summed E-state index contributed by atoms with van der Waals surface area (Å²) in [5.74, 6) is -1.08. The minimum atomic E-state index is -0.943. The quantitative estimate of drug-likeness (QED) is 0.394. The fourth-order valence-corrected chi connectivity index (χ4v) is 6.02. The van der Waals surface area contributed by atoms with E-state index in [1.807, 2.05) is 24.3 Å². The number of carbonyl (C=O) groups excluding carboxylic acids is 3. The number of ketones is 1. The number of ether oxygens (including phenoxy) is 3. The molecule has 0 N–H and O–H groups in total. The number of rotatable bonds is 4. The van der Waals surface area contributed by atoms with Crippen molar-refractivity contribution in [2.75, 3.05) is 25.2 Å². The Balaban J connectivity index is 1.33. The molecule has 9 nitrogen and oxygen atoms in total. The maximum atomic E-state index is 14.1. The Morgan fingerprint density at radius 2 is 1.66 bits per heavy atom. The lowest BCUT2D eigenvalue weighted by Crippen LogP contribution is -2.44. The van der Waals surface area contributed by atoms with E-state index in [0.717, 1.165) is 11.1 Å². The van der Waals surface area contributed by atoms with Crippen molar-refractivity contribution in [3.05, 3.63) is 83.4 Å². The van der Waals surface area contributed by atoms with E-state index >= 15 is 0 Å². The molecule has 0 bridgehead atoms. The van der Waals surface area contributed by atoms with Crippen molar-refractivity contribution in [1.82, 2.24) is 5.01 Å². The van der Waals surface area contributed by atoms with Crippen molar-refractivity contribution in [1.29, 1.82) is 0 Å². The van der Waals surface area contributed by atoms with Crippen molar-refractivity contribution in [2.45, 2.75) is 12.1 Å². The number of anilines is 1. The minimum absolute atomic E-state index is 0.271. The van der Waals surface area contributed by atoms with E-state index in [9.17, 15) is 14.4 Å². The van der Waals surface area contributed by atoms with Gasteiger partial charge in [0.15, 0.2) is 17.3 Å². The normalized spacial score (nSPS) is 24.7. The molecule has 9 heteroatoms. The van der Waals surface area contributed by atoms with E-state index < -0.39 is 29.8 Å². The van der Waals surface area contributed by atoms with Gasteiger partial charge in [0, 0.05) is 11.6 Å².